The Morgan fingerprint density at radius 1 is 1.15 bits per heavy atom. The van der Waals surface area contributed by atoms with E-state index >= 15 is 0 Å². The normalized spacial score (nSPS) is 20.0. The van der Waals surface area contributed by atoms with Crippen molar-refractivity contribution in [2.24, 2.45) is 5.92 Å². The fourth-order valence-corrected chi connectivity index (χ4v) is 2.94. The maximum Gasteiger partial charge on any atom is 0.325 e. The highest BCUT2D eigenvalue weighted by Crippen LogP contribution is 2.29. The first-order valence-electron chi connectivity index (χ1n) is 9.16. The van der Waals surface area contributed by atoms with Crippen molar-refractivity contribution in [3.63, 3.8) is 0 Å². The molecule has 1 aromatic carbocycles. The molecule has 0 bridgehead atoms. The highest BCUT2D eigenvalue weighted by Gasteiger charge is 2.49. The number of hydrogen-bond acceptors (Lipinski definition) is 3. The molecule has 1 fully saturated rings. The lowest BCUT2D eigenvalue weighted by Gasteiger charge is -2.22. The van der Waals surface area contributed by atoms with E-state index in [1.54, 1.807) is 6.92 Å². The zero-order chi connectivity index (χ0) is 19.5. The quantitative estimate of drug-likeness (QED) is 0.735. The molecule has 2 N–H and O–H groups in total. The maximum atomic E-state index is 12.8. The van der Waals surface area contributed by atoms with Gasteiger partial charge in [-0.1, -0.05) is 52.0 Å². The summed E-state index contributed by atoms with van der Waals surface area (Å²) in [5, 5.41) is 5.49. The third-order valence-electron chi connectivity index (χ3n) is 4.78. The number of hydrogen-bond donors (Lipinski definition) is 2. The van der Waals surface area contributed by atoms with Crippen LogP contribution in [0.3, 0.4) is 0 Å². The van der Waals surface area contributed by atoms with Gasteiger partial charge in [-0.2, -0.15) is 0 Å². The highest BCUT2D eigenvalue weighted by atomic mass is 16.2. The molecule has 4 amide bonds. The molecular weight excluding hydrogens is 330 g/mol. The summed E-state index contributed by atoms with van der Waals surface area (Å²) in [7, 11) is 0. The average molecular weight is 359 g/mol. The van der Waals surface area contributed by atoms with Crippen LogP contribution in [0.25, 0.3) is 0 Å². The van der Waals surface area contributed by atoms with Gasteiger partial charge >= 0.3 is 6.03 Å². The molecule has 142 valence electrons. The molecule has 0 unspecified atom stereocenters. The van der Waals surface area contributed by atoms with Gasteiger partial charge in [0.25, 0.3) is 5.91 Å². The second kappa shape index (κ2) is 7.89. The van der Waals surface area contributed by atoms with Crippen LogP contribution in [0.2, 0.25) is 0 Å². The molecule has 0 spiro atoms. The summed E-state index contributed by atoms with van der Waals surface area (Å²) in [6, 6.07) is 7.11. The smallest absolute Gasteiger partial charge is 0.325 e. The van der Waals surface area contributed by atoms with Crippen LogP contribution in [-0.4, -0.2) is 35.8 Å². The second-order valence-electron chi connectivity index (χ2n) is 7.76. The van der Waals surface area contributed by atoms with Crippen LogP contribution in [0, 0.1) is 5.92 Å². The van der Waals surface area contributed by atoms with Gasteiger partial charge in [-0.3, -0.25) is 14.5 Å². The molecular formula is C20H29N3O3. The molecule has 26 heavy (non-hydrogen) atoms. The van der Waals surface area contributed by atoms with Gasteiger partial charge < -0.3 is 10.6 Å². The number of amides is 4. The van der Waals surface area contributed by atoms with Crippen LogP contribution in [0.15, 0.2) is 24.3 Å². The first kappa shape index (κ1) is 19.9. The van der Waals surface area contributed by atoms with E-state index in [0.29, 0.717) is 23.9 Å². The largest absolute Gasteiger partial charge is 0.355 e. The van der Waals surface area contributed by atoms with Crippen molar-refractivity contribution in [3.05, 3.63) is 35.4 Å². The molecule has 2 rings (SSSR count). The Kier molecular flexibility index (Phi) is 6.05. The molecule has 0 radical (unpaired) electrons. The number of urea groups is 1. The van der Waals surface area contributed by atoms with E-state index in [-0.39, 0.29) is 12.5 Å². The SMILES string of the molecule is CC(C)CCNC(=O)CN1C(=O)N[C@](C)(c2ccc(C(C)C)cc2)C1=O. The third kappa shape index (κ3) is 4.23. The van der Waals surface area contributed by atoms with Crippen LogP contribution in [0.5, 0.6) is 0 Å². The lowest BCUT2D eigenvalue weighted by molar-refractivity contribution is -0.134. The molecule has 0 saturated carbocycles. The lowest BCUT2D eigenvalue weighted by Crippen LogP contribution is -2.43. The predicted octanol–water partition coefficient (Wildman–Crippen LogP) is 2.74. The molecule has 1 heterocycles. The number of rotatable bonds is 7. The Balaban J connectivity index is 2.08. The number of benzene rings is 1. The average Bonchev–Trinajstić information content (AvgIpc) is 2.79. The van der Waals surface area contributed by atoms with E-state index in [0.717, 1.165) is 16.9 Å². The predicted molar refractivity (Wildman–Crippen MR) is 101 cm³/mol. The van der Waals surface area contributed by atoms with Gasteiger partial charge in [0.1, 0.15) is 12.1 Å². The number of imide groups is 1. The Bertz CT molecular complexity index is 682. The summed E-state index contributed by atoms with van der Waals surface area (Å²) >= 11 is 0. The van der Waals surface area contributed by atoms with Gasteiger partial charge in [-0.15, -0.1) is 0 Å². The summed E-state index contributed by atoms with van der Waals surface area (Å²) < 4.78 is 0. The standard InChI is InChI=1S/C20H29N3O3/c1-13(2)10-11-21-17(24)12-23-18(25)20(5,22-19(23)26)16-8-6-15(7-9-16)14(3)4/h6-9,13-14H,10-12H2,1-5H3,(H,21,24)(H,22,26)/t20-/m1/s1. The van der Waals surface area contributed by atoms with Crippen LogP contribution in [0.1, 0.15) is 58.1 Å². The molecule has 0 aromatic heterocycles. The van der Waals surface area contributed by atoms with E-state index in [9.17, 15) is 14.4 Å². The molecule has 6 heteroatoms. The van der Waals surface area contributed by atoms with Gasteiger partial charge in [0.05, 0.1) is 0 Å². The van der Waals surface area contributed by atoms with Crippen molar-refractivity contribution < 1.29 is 14.4 Å². The summed E-state index contributed by atoms with van der Waals surface area (Å²) in [5.41, 5.74) is 0.726. The van der Waals surface area contributed by atoms with Gasteiger partial charge in [-0.05, 0) is 36.3 Å². The number of nitrogens with zero attached hydrogens (tertiary/aromatic N) is 1. The van der Waals surface area contributed by atoms with Crippen LogP contribution >= 0.6 is 0 Å². The number of carbonyl (C=O) groups excluding carboxylic acids is 3. The molecule has 0 aliphatic carbocycles. The van der Waals surface area contributed by atoms with Crippen molar-refractivity contribution in [1.29, 1.82) is 0 Å². The van der Waals surface area contributed by atoms with Crippen molar-refractivity contribution in [1.82, 2.24) is 15.5 Å². The van der Waals surface area contributed by atoms with Crippen molar-refractivity contribution >= 4 is 17.8 Å². The minimum Gasteiger partial charge on any atom is -0.355 e. The number of carbonyl (C=O) groups is 3. The minimum absolute atomic E-state index is 0.261. The van der Waals surface area contributed by atoms with Gasteiger partial charge in [-0.25, -0.2) is 4.79 Å². The molecule has 1 aromatic rings. The second-order valence-corrected chi connectivity index (χ2v) is 7.76. The molecule has 1 atom stereocenters. The zero-order valence-electron chi connectivity index (χ0n) is 16.3. The molecule has 1 saturated heterocycles. The summed E-state index contributed by atoms with van der Waals surface area (Å²) in [4.78, 5) is 38.2. The summed E-state index contributed by atoms with van der Waals surface area (Å²) in [6.07, 6.45) is 0.853. The van der Waals surface area contributed by atoms with Gasteiger partial charge in [0.2, 0.25) is 5.91 Å². The number of nitrogens with one attached hydrogen (secondary N) is 2. The topological polar surface area (TPSA) is 78.5 Å². The van der Waals surface area contributed by atoms with E-state index in [1.165, 1.54) is 0 Å². The third-order valence-corrected chi connectivity index (χ3v) is 4.78. The molecule has 1 aliphatic heterocycles. The van der Waals surface area contributed by atoms with Crippen LogP contribution in [-0.2, 0) is 15.1 Å². The summed E-state index contributed by atoms with van der Waals surface area (Å²) in [6.45, 7) is 10.3. The Labute approximate surface area is 155 Å². The van der Waals surface area contributed by atoms with Crippen molar-refractivity contribution in [2.75, 3.05) is 13.1 Å². The van der Waals surface area contributed by atoms with E-state index in [4.69, 9.17) is 0 Å². The van der Waals surface area contributed by atoms with E-state index in [1.807, 2.05) is 24.3 Å². The fourth-order valence-electron chi connectivity index (χ4n) is 2.94. The van der Waals surface area contributed by atoms with Gasteiger partial charge in [0.15, 0.2) is 0 Å². The fraction of sp³-hybridized carbons (Fsp3) is 0.550. The highest BCUT2D eigenvalue weighted by molar-refractivity contribution is 6.09. The van der Waals surface area contributed by atoms with Gasteiger partial charge in [0, 0.05) is 6.54 Å². The van der Waals surface area contributed by atoms with Crippen molar-refractivity contribution in [3.8, 4) is 0 Å². The Hall–Kier alpha value is -2.37. The maximum absolute atomic E-state index is 12.8. The van der Waals surface area contributed by atoms with Crippen LogP contribution < -0.4 is 10.6 Å². The van der Waals surface area contributed by atoms with E-state index < -0.39 is 17.5 Å². The Morgan fingerprint density at radius 3 is 2.31 bits per heavy atom. The summed E-state index contributed by atoms with van der Waals surface area (Å²) in [5.74, 6) is 0.133. The van der Waals surface area contributed by atoms with E-state index in [2.05, 4.69) is 38.3 Å². The minimum atomic E-state index is -1.15. The monoisotopic (exact) mass is 359 g/mol. The van der Waals surface area contributed by atoms with Crippen molar-refractivity contribution in [2.45, 2.75) is 52.5 Å². The Morgan fingerprint density at radius 2 is 1.77 bits per heavy atom. The lowest BCUT2D eigenvalue weighted by atomic mass is 9.90. The zero-order valence-corrected chi connectivity index (χ0v) is 16.3. The molecule has 6 nitrogen and oxygen atoms in total. The van der Waals surface area contributed by atoms with Crippen LogP contribution in [0.4, 0.5) is 4.79 Å². The molecule has 1 aliphatic rings. The first-order valence-corrected chi connectivity index (χ1v) is 9.16. The first-order chi connectivity index (χ1) is 12.1.